The normalized spacial score (nSPS) is 11.8. The van der Waals surface area contributed by atoms with Crippen molar-refractivity contribution in [3.8, 4) is 18.4 Å². The van der Waals surface area contributed by atoms with Gasteiger partial charge in [-0.05, 0) is 18.1 Å². The van der Waals surface area contributed by atoms with Crippen LogP contribution in [0.2, 0.25) is 0 Å². The molecular formula is C13H17N3. The fourth-order valence-electron chi connectivity index (χ4n) is 1.61. The summed E-state index contributed by atoms with van der Waals surface area (Å²) >= 11 is 0. The van der Waals surface area contributed by atoms with Crippen molar-refractivity contribution in [3.63, 3.8) is 0 Å². The van der Waals surface area contributed by atoms with Crippen LogP contribution in [-0.4, -0.2) is 10.6 Å². The molecule has 0 aromatic carbocycles. The maximum atomic E-state index is 8.82. The zero-order valence-electron chi connectivity index (χ0n) is 9.83. The van der Waals surface area contributed by atoms with Gasteiger partial charge in [-0.3, -0.25) is 5.32 Å². The summed E-state index contributed by atoms with van der Waals surface area (Å²) in [7, 11) is 1.87. The van der Waals surface area contributed by atoms with Gasteiger partial charge in [-0.15, -0.1) is 6.42 Å². The van der Waals surface area contributed by atoms with E-state index in [1.54, 1.807) is 0 Å². The van der Waals surface area contributed by atoms with Gasteiger partial charge in [-0.1, -0.05) is 19.3 Å². The minimum absolute atomic E-state index is 0.121. The summed E-state index contributed by atoms with van der Waals surface area (Å²) in [6.45, 7) is 2.83. The lowest BCUT2D eigenvalue weighted by Crippen LogP contribution is -2.26. The molecule has 84 valence electrons. The van der Waals surface area contributed by atoms with E-state index in [1.165, 1.54) is 0 Å². The highest BCUT2D eigenvalue weighted by Crippen LogP contribution is 2.06. The first-order chi connectivity index (χ1) is 7.71. The van der Waals surface area contributed by atoms with Gasteiger partial charge in [-0.2, -0.15) is 5.26 Å². The number of hydrogen-bond acceptors (Lipinski definition) is 2. The Morgan fingerprint density at radius 2 is 2.38 bits per heavy atom. The molecule has 0 aliphatic carbocycles. The second kappa shape index (κ2) is 6.00. The number of rotatable bonds is 5. The van der Waals surface area contributed by atoms with Gasteiger partial charge in [0.05, 0.1) is 6.04 Å². The maximum Gasteiger partial charge on any atom is 0.120 e. The summed E-state index contributed by atoms with van der Waals surface area (Å²) < 4.78 is 1.82. The monoisotopic (exact) mass is 215 g/mol. The molecule has 1 heterocycles. The minimum Gasteiger partial charge on any atom is -0.342 e. The average molecular weight is 215 g/mol. The molecule has 0 amide bonds. The van der Waals surface area contributed by atoms with E-state index in [0.29, 0.717) is 12.2 Å². The average Bonchev–Trinajstić information content (AvgIpc) is 2.65. The first-order valence-corrected chi connectivity index (χ1v) is 5.46. The first-order valence-electron chi connectivity index (χ1n) is 5.46. The van der Waals surface area contributed by atoms with Crippen LogP contribution in [0.15, 0.2) is 12.3 Å². The maximum absolute atomic E-state index is 8.82. The van der Waals surface area contributed by atoms with Crippen molar-refractivity contribution in [3.05, 3.63) is 23.5 Å². The number of nitriles is 1. The van der Waals surface area contributed by atoms with Crippen molar-refractivity contribution in [1.82, 2.24) is 9.88 Å². The van der Waals surface area contributed by atoms with Gasteiger partial charge < -0.3 is 4.57 Å². The van der Waals surface area contributed by atoms with E-state index < -0.39 is 0 Å². The molecule has 0 bridgehead atoms. The molecule has 0 fully saturated rings. The lowest BCUT2D eigenvalue weighted by atomic mass is 10.1. The number of hydrogen-bond donors (Lipinski definition) is 1. The van der Waals surface area contributed by atoms with Gasteiger partial charge in [0.15, 0.2) is 0 Å². The number of aromatic nitrogens is 1. The number of aryl methyl sites for hydroxylation is 1. The molecule has 1 unspecified atom stereocenters. The second-order valence-corrected chi connectivity index (χ2v) is 3.85. The van der Waals surface area contributed by atoms with Crippen LogP contribution in [0.5, 0.6) is 0 Å². The van der Waals surface area contributed by atoms with Crippen LogP contribution in [0.3, 0.4) is 0 Å². The highest BCUT2D eigenvalue weighted by Gasteiger charge is 2.05. The van der Waals surface area contributed by atoms with Crippen molar-refractivity contribution in [2.24, 2.45) is 7.05 Å². The molecule has 0 aliphatic rings. The van der Waals surface area contributed by atoms with E-state index in [-0.39, 0.29) is 6.04 Å². The Morgan fingerprint density at radius 1 is 1.62 bits per heavy atom. The van der Waals surface area contributed by atoms with Crippen LogP contribution in [0.25, 0.3) is 0 Å². The van der Waals surface area contributed by atoms with Crippen molar-refractivity contribution < 1.29 is 0 Å². The van der Waals surface area contributed by atoms with E-state index in [2.05, 4.69) is 24.2 Å². The molecule has 0 aliphatic heterocycles. The molecule has 16 heavy (non-hydrogen) atoms. The highest BCUT2D eigenvalue weighted by molar-refractivity contribution is 5.28. The minimum atomic E-state index is 0.121. The molecule has 1 aromatic heterocycles. The van der Waals surface area contributed by atoms with Crippen LogP contribution < -0.4 is 5.32 Å². The molecule has 1 N–H and O–H groups in total. The zero-order valence-corrected chi connectivity index (χ0v) is 9.83. The Labute approximate surface area is 97.1 Å². The molecular weight excluding hydrogens is 198 g/mol. The third-order valence-electron chi connectivity index (χ3n) is 2.51. The van der Waals surface area contributed by atoms with E-state index in [0.717, 1.165) is 18.4 Å². The van der Waals surface area contributed by atoms with Crippen LogP contribution in [0, 0.1) is 23.7 Å². The Kier molecular flexibility index (Phi) is 4.64. The van der Waals surface area contributed by atoms with Gasteiger partial charge in [0.25, 0.3) is 0 Å². The standard InChI is InChI=1S/C13H17N3/c1-4-6-12(5-2)15-9-11-7-13(8-14)16(3)10-11/h2,7,10,12,15H,4,6,9H2,1,3H3. The fraction of sp³-hybridized carbons (Fsp3) is 0.462. The SMILES string of the molecule is C#CC(CCC)NCc1cc(C#N)n(C)c1. The van der Waals surface area contributed by atoms with Gasteiger partial charge >= 0.3 is 0 Å². The van der Waals surface area contributed by atoms with E-state index in [4.69, 9.17) is 11.7 Å². The van der Waals surface area contributed by atoms with Crippen LogP contribution >= 0.6 is 0 Å². The number of nitrogens with zero attached hydrogens (tertiary/aromatic N) is 2. The summed E-state index contributed by atoms with van der Waals surface area (Å²) in [6.07, 6.45) is 9.41. The van der Waals surface area contributed by atoms with Crippen molar-refractivity contribution in [1.29, 1.82) is 5.26 Å². The van der Waals surface area contributed by atoms with Gasteiger partial charge in [-0.25, -0.2) is 0 Å². The smallest absolute Gasteiger partial charge is 0.120 e. The Hall–Kier alpha value is -1.71. The molecule has 0 radical (unpaired) electrons. The lowest BCUT2D eigenvalue weighted by molar-refractivity contribution is 0.563. The highest BCUT2D eigenvalue weighted by atomic mass is 14.9. The number of nitrogens with one attached hydrogen (secondary N) is 1. The third kappa shape index (κ3) is 3.15. The topological polar surface area (TPSA) is 40.8 Å². The van der Waals surface area contributed by atoms with Crippen LogP contribution in [0.4, 0.5) is 0 Å². The van der Waals surface area contributed by atoms with Crippen LogP contribution in [-0.2, 0) is 13.6 Å². The Bertz CT molecular complexity index is 417. The van der Waals surface area contributed by atoms with Gasteiger partial charge in [0, 0.05) is 19.8 Å². The summed E-state index contributed by atoms with van der Waals surface area (Å²) in [5, 5.41) is 12.1. The predicted molar refractivity (Wildman–Crippen MR) is 64.5 cm³/mol. The first kappa shape index (κ1) is 12.4. The second-order valence-electron chi connectivity index (χ2n) is 3.85. The van der Waals surface area contributed by atoms with Gasteiger partial charge in [0.2, 0.25) is 0 Å². The number of terminal acetylenes is 1. The molecule has 0 spiro atoms. The fourth-order valence-corrected chi connectivity index (χ4v) is 1.61. The van der Waals surface area contributed by atoms with Crippen LogP contribution in [0.1, 0.15) is 31.0 Å². The van der Waals surface area contributed by atoms with E-state index in [9.17, 15) is 0 Å². The summed E-state index contributed by atoms with van der Waals surface area (Å²) in [5.74, 6) is 2.73. The van der Waals surface area contributed by atoms with Gasteiger partial charge in [0.1, 0.15) is 11.8 Å². The van der Waals surface area contributed by atoms with Crippen molar-refractivity contribution in [2.45, 2.75) is 32.4 Å². The summed E-state index contributed by atoms with van der Waals surface area (Å²) in [6, 6.07) is 4.14. The quantitative estimate of drug-likeness (QED) is 0.761. The van der Waals surface area contributed by atoms with Crippen molar-refractivity contribution >= 4 is 0 Å². The molecule has 0 saturated heterocycles. The molecule has 3 nitrogen and oxygen atoms in total. The summed E-state index contributed by atoms with van der Waals surface area (Å²) in [5.41, 5.74) is 1.76. The Balaban J connectivity index is 2.55. The van der Waals surface area contributed by atoms with E-state index >= 15 is 0 Å². The largest absolute Gasteiger partial charge is 0.342 e. The summed E-state index contributed by atoms with van der Waals surface area (Å²) in [4.78, 5) is 0. The molecule has 3 heteroatoms. The molecule has 1 atom stereocenters. The lowest BCUT2D eigenvalue weighted by Gasteiger charge is -2.10. The molecule has 0 saturated carbocycles. The Morgan fingerprint density at radius 3 is 2.88 bits per heavy atom. The molecule has 1 rings (SSSR count). The molecule has 1 aromatic rings. The third-order valence-corrected chi connectivity index (χ3v) is 2.51. The zero-order chi connectivity index (χ0) is 12.0. The van der Waals surface area contributed by atoms with E-state index in [1.807, 2.05) is 23.9 Å². The predicted octanol–water partition coefficient (Wildman–Crippen LogP) is 1.79. The van der Waals surface area contributed by atoms with Crippen molar-refractivity contribution in [2.75, 3.05) is 0 Å².